The molecule has 5 heteroatoms. The lowest BCUT2D eigenvalue weighted by molar-refractivity contribution is 0.0696. The third-order valence-electron chi connectivity index (χ3n) is 3.84. The van der Waals surface area contributed by atoms with Gasteiger partial charge in [0.2, 0.25) is 0 Å². The molecule has 2 rings (SSSR count). The molecule has 1 aromatic carbocycles. The van der Waals surface area contributed by atoms with E-state index in [9.17, 15) is 9.90 Å². The molecule has 0 spiro atoms. The van der Waals surface area contributed by atoms with Crippen LogP contribution in [0.2, 0.25) is 0 Å². The molecule has 0 saturated carbocycles. The summed E-state index contributed by atoms with van der Waals surface area (Å²) in [4.78, 5) is 13.6. The molecule has 5 nitrogen and oxygen atoms in total. The summed E-state index contributed by atoms with van der Waals surface area (Å²) >= 11 is 0. The van der Waals surface area contributed by atoms with E-state index in [2.05, 4.69) is 18.9 Å². The molecule has 0 aliphatic carbocycles. The SMILES string of the molecule is CCC(C)N(C)c1c(C(=O)O)c(C)nn1-c1ccccc1. The standard InChI is InChI=1S/C16H21N3O2/c1-5-11(2)18(4)15-14(16(20)21)12(3)17-19(15)13-9-7-6-8-10-13/h6-11H,5H2,1-4H3,(H,20,21). The van der Waals surface area contributed by atoms with Gasteiger partial charge in [0.25, 0.3) is 0 Å². The van der Waals surface area contributed by atoms with Crippen LogP contribution in [-0.4, -0.2) is 33.9 Å². The zero-order valence-electron chi connectivity index (χ0n) is 12.9. The van der Waals surface area contributed by atoms with Crippen molar-refractivity contribution in [3.05, 3.63) is 41.6 Å². The molecule has 2 aromatic rings. The number of carboxylic acid groups (broad SMARTS) is 1. The quantitative estimate of drug-likeness (QED) is 0.918. The van der Waals surface area contributed by atoms with Gasteiger partial charge in [-0.2, -0.15) is 5.10 Å². The van der Waals surface area contributed by atoms with Gasteiger partial charge in [-0.1, -0.05) is 25.1 Å². The highest BCUT2D eigenvalue weighted by Gasteiger charge is 2.26. The summed E-state index contributed by atoms with van der Waals surface area (Å²) in [7, 11) is 1.91. The lowest BCUT2D eigenvalue weighted by Crippen LogP contribution is -2.31. The van der Waals surface area contributed by atoms with Crippen molar-refractivity contribution in [2.24, 2.45) is 0 Å². The number of carboxylic acids is 1. The summed E-state index contributed by atoms with van der Waals surface area (Å²) in [6, 6.07) is 9.83. The van der Waals surface area contributed by atoms with E-state index in [-0.39, 0.29) is 11.6 Å². The Balaban J connectivity index is 2.66. The summed E-state index contributed by atoms with van der Waals surface area (Å²) in [6.45, 7) is 5.89. The molecule has 1 heterocycles. The minimum Gasteiger partial charge on any atom is -0.477 e. The number of hydrogen-bond donors (Lipinski definition) is 1. The zero-order valence-corrected chi connectivity index (χ0v) is 12.9. The molecule has 0 amide bonds. The lowest BCUT2D eigenvalue weighted by Gasteiger charge is -2.27. The monoisotopic (exact) mass is 287 g/mol. The summed E-state index contributed by atoms with van der Waals surface area (Å²) in [5.41, 5.74) is 1.65. The molecule has 21 heavy (non-hydrogen) atoms. The predicted octanol–water partition coefficient (Wildman–Crippen LogP) is 3.11. The highest BCUT2D eigenvalue weighted by Crippen LogP contribution is 2.28. The molecule has 0 saturated heterocycles. The fraction of sp³-hybridized carbons (Fsp3) is 0.375. The number of carbonyl (C=O) groups is 1. The predicted molar refractivity (Wildman–Crippen MR) is 83.4 cm³/mol. The van der Waals surface area contributed by atoms with E-state index in [1.807, 2.05) is 42.3 Å². The van der Waals surface area contributed by atoms with Gasteiger partial charge < -0.3 is 10.0 Å². The number of aryl methyl sites for hydroxylation is 1. The molecule has 0 radical (unpaired) electrons. The van der Waals surface area contributed by atoms with Gasteiger partial charge in [0.1, 0.15) is 11.4 Å². The zero-order chi connectivity index (χ0) is 15.6. The second-order valence-electron chi connectivity index (χ2n) is 5.20. The Hall–Kier alpha value is -2.30. The van der Waals surface area contributed by atoms with Gasteiger partial charge in [0, 0.05) is 13.1 Å². The fourth-order valence-electron chi connectivity index (χ4n) is 2.32. The lowest BCUT2D eigenvalue weighted by atomic mass is 10.2. The number of hydrogen-bond acceptors (Lipinski definition) is 3. The van der Waals surface area contributed by atoms with E-state index in [0.29, 0.717) is 11.5 Å². The van der Waals surface area contributed by atoms with Crippen molar-refractivity contribution < 1.29 is 9.90 Å². The average Bonchev–Trinajstić information content (AvgIpc) is 2.84. The van der Waals surface area contributed by atoms with Gasteiger partial charge in [-0.25, -0.2) is 9.48 Å². The normalized spacial score (nSPS) is 12.2. The maximum atomic E-state index is 11.6. The van der Waals surface area contributed by atoms with E-state index >= 15 is 0 Å². The summed E-state index contributed by atoms with van der Waals surface area (Å²) in [6.07, 6.45) is 0.925. The van der Waals surface area contributed by atoms with Gasteiger partial charge in [-0.05, 0) is 32.4 Å². The number of para-hydroxylation sites is 1. The van der Waals surface area contributed by atoms with Crippen LogP contribution in [-0.2, 0) is 0 Å². The van der Waals surface area contributed by atoms with Crippen molar-refractivity contribution >= 4 is 11.8 Å². The molecule has 1 aromatic heterocycles. The molecular weight excluding hydrogens is 266 g/mol. The van der Waals surface area contributed by atoms with E-state index in [1.54, 1.807) is 11.6 Å². The van der Waals surface area contributed by atoms with E-state index in [1.165, 1.54) is 0 Å². The van der Waals surface area contributed by atoms with E-state index in [4.69, 9.17) is 0 Å². The molecule has 112 valence electrons. The molecule has 0 bridgehead atoms. The second kappa shape index (κ2) is 5.99. The number of aromatic carboxylic acids is 1. The van der Waals surface area contributed by atoms with Crippen molar-refractivity contribution in [1.82, 2.24) is 9.78 Å². The van der Waals surface area contributed by atoms with Crippen molar-refractivity contribution in [2.75, 3.05) is 11.9 Å². The molecular formula is C16H21N3O2. The van der Waals surface area contributed by atoms with Crippen LogP contribution in [0.4, 0.5) is 5.82 Å². The third-order valence-corrected chi connectivity index (χ3v) is 3.84. The van der Waals surface area contributed by atoms with Crippen molar-refractivity contribution in [3.63, 3.8) is 0 Å². The molecule has 0 aliphatic rings. The average molecular weight is 287 g/mol. The van der Waals surface area contributed by atoms with Crippen LogP contribution in [0.15, 0.2) is 30.3 Å². The topological polar surface area (TPSA) is 58.4 Å². The van der Waals surface area contributed by atoms with Crippen LogP contribution in [0.5, 0.6) is 0 Å². The Bertz CT molecular complexity index is 634. The van der Waals surface area contributed by atoms with Gasteiger partial charge >= 0.3 is 5.97 Å². The van der Waals surface area contributed by atoms with Crippen LogP contribution in [0.25, 0.3) is 5.69 Å². The minimum atomic E-state index is -0.945. The molecule has 1 N–H and O–H groups in total. The third kappa shape index (κ3) is 2.77. The smallest absolute Gasteiger partial charge is 0.341 e. The Kier molecular flexibility index (Phi) is 4.31. The van der Waals surface area contributed by atoms with Crippen LogP contribution in [0.1, 0.15) is 36.3 Å². The van der Waals surface area contributed by atoms with Crippen molar-refractivity contribution in [3.8, 4) is 5.69 Å². The first kappa shape index (κ1) is 15.1. The summed E-state index contributed by atoms with van der Waals surface area (Å²) in [5.74, 6) is -0.319. The Labute approximate surface area is 124 Å². The molecule has 1 atom stereocenters. The highest BCUT2D eigenvalue weighted by molar-refractivity contribution is 5.95. The molecule has 0 aliphatic heterocycles. The maximum absolute atomic E-state index is 11.6. The van der Waals surface area contributed by atoms with Crippen LogP contribution < -0.4 is 4.90 Å². The summed E-state index contributed by atoms with van der Waals surface area (Å²) in [5, 5.41) is 14.0. The van der Waals surface area contributed by atoms with Gasteiger partial charge in [-0.15, -0.1) is 0 Å². The van der Waals surface area contributed by atoms with Gasteiger partial charge in [0.15, 0.2) is 0 Å². The largest absolute Gasteiger partial charge is 0.477 e. The van der Waals surface area contributed by atoms with Crippen molar-refractivity contribution in [1.29, 1.82) is 0 Å². The number of anilines is 1. The highest BCUT2D eigenvalue weighted by atomic mass is 16.4. The van der Waals surface area contributed by atoms with Crippen LogP contribution in [0, 0.1) is 6.92 Å². The number of benzene rings is 1. The van der Waals surface area contributed by atoms with Gasteiger partial charge in [0.05, 0.1) is 11.4 Å². The van der Waals surface area contributed by atoms with Crippen LogP contribution in [0.3, 0.4) is 0 Å². The van der Waals surface area contributed by atoms with E-state index < -0.39 is 5.97 Å². The number of aromatic nitrogens is 2. The Morgan fingerprint density at radius 1 is 1.38 bits per heavy atom. The van der Waals surface area contributed by atoms with E-state index in [0.717, 1.165) is 12.1 Å². The first-order chi connectivity index (χ1) is 9.97. The van der Waals surface area contributed by atoms with Gasteiger partial charge in [-0.3, -0.25) is 0 Å². The Morgan fingerprint density at radius 3 is 2.52 bits per heavy atom. The Morgan fingerprint density at radius 2 is 2.00 bits per heavy atom. The first-order valence-electron chi connectivity index (χ1n) is 7.08. The number of rotatable bonds is 5. The molecule has 0 fully saturated rings. The minimum absolute atomic E-state index is 0.224. The fourth-order valence-corrected chi connectivity index (χ4v) is 2.32. The van der Waals surface area contributed by atoms with Crippen LogP contribution >= 0.6 is 0 Å². The molecule has 1 unspecified atom stereocenters. The summed E-state index contributed by atoms with van der Waals surface area (Å²) < 4.78 is 1.71. The second-order valence-corrected chi connectivity index (χ2v) is 5.20. The van der Waals surface area contributed by atoms with Crippen molar-refractivity contribution in [2.45, 2.75) is 33.2 Å². The maximum Gasteiger partial charge on any atom is 0.341 e. The number of nitrogens with zero attached hydrogens (tertiary/aromatic N) is 3. The first-order valence-corrected chi connectivity index (χ1v) is 7.08.